The van der Waals surface area contributed by atoms with E-state index in [4.69, 9.17) is 9.47 Å². The maximum Gasteiger partial charge on any atom is 0.416 e. The normalized spacial score (nSPS) is 12.8. The Morgan fingerprint density at radius 1 is 1.00 bits per heavy atom. The SMILES string of the molecule is COc1ccc2c(OCc3ccc(C(F)(F)F)cc3)c(C(=O)N[C@H](C(=O)O)C(C)(C)C)ccc2c1. The lowest BCUT2D eigenvalue weighted by Crippen LogP contribution is -2.49. The van der Waals surface area contributed by atoms with Gasteiger partial charge in [-0.3, -0.25) is 4.79 Å². The number of rotatable bonds is 7. The van der Waals surface area contributed by atoms with Crippen LogP contribution in [-0.2, 0) is 17.6 Å². The van der Waals surface area contributed by atoms with Crippen LogP contribution in [0.25, 0.3) is 10.8 Å². The number of carbonyl (C=O) groups excluding carboxylic acids is 1. The highest BCUT2D eigenvalue weighted by molar-refractivity contribution is 6.05. The number of carboxylic acid groups (broad SMARTS) is 1. The third-order valence-corrected chi connectivity index (χ3v) is 5.48. The summed E-state index contributed by atoms with van der Waals surface area (Å²) in [5.74, 6) is -1.06. The Labute approximate surface area is 200 Å². The van der Waals surface area contributed by atoms with Gasteiger partial charge in [-0.05, 0) is 52.8 Å². The highest BCUT2D eigenvalue weighted by Gasteiger charge is 2.34. The van der Waals surface area contributed by atoms with Gasteiger partial charge in [-0.15, -0.1) is 0 Å². The molecule has 3 aromatic rings. The van der Waals surface area contributed by atoms with Crippen molar-refractivity contribution < 1.29 is 37.3 Å². The Kier molecular flexibility index (Phi) is 7.28. The lowest BCUT2D eigenvalue weighted by atomic mass is 9.86. The monoisotopic (exact) mass is 489 g/mol. The molecule has 2 N–H and O–H groups in total. The van der Waals surface area contributed by atoms with Gasteiger partial charge in [0.1, 0.15) is 24.1 Å². The molecule has 1 atom stereocenters. The maximum atomic E-state index is 13.2. The first-order valence-electron chi connectivity index (χ1n) is 10.7. The van der Waals surface area contributed by atoms with Crippen LogP contribution in [0.4, 0.5) is 13.2 Å². The van der Waals surface area contributed by atoms with Crippen LogP contribution >= 0.6 is 0 Å². The van der Waals surface area contributed by atoms with E-state index in [0.29, 0.717) is 22.1 Å². The Morgan fingerprint density at radius 3 is 2.20 bits per heavy atom. The third kappa shape index (κ3) is 6.03. The lowest BCUT2D eigenvalue weighted by Gasteiger charge is -2.28. The smallest absolute Gasteiger partial charge is 0.416 e. The van der Waals surface area contributed by atoms with Crippen molar-refractivity contribution in [2.24, 2.45) is 5.41 Å². The molecule has 0 fully saturated rings. The molecule has 0 unspecified atom stereocenters. The molecule has 0 spiro atoms. The number of amides is 1. The van der Waals surface area contributed by atoms with Crippen molar-refractivity contribution in [2.45, 2.75) is 39.6 Å². The van der Waals surface area contributed by atoms with Crippen molar-refractivity contribution >= 4 is 22.6 Å². The molecule has 0 aliphatic rings. The molecule has 1 amide bonds. The van der Waals surface area contributed by atoms with Gasteiger partial charge < -0.3 is 19.9 Å². The molecule has 0 saturated heterocycles. The van der Waals surface area contributed by atoms with E-state index in [0.717, 1.165) is 12.1 Å². The molecule has 9 heteroatoms. The van der Waals surface area contributed by atoms with E-state index in [2.05, 4.69) is 5.32 Å². The van der Waals surface area contributed by atoms with E-state index in [9.17, 15) is 27.9 Å². The number of benzene rings is 3. The molecule has 3 aromatic carbocycles. The van der Waals surface area contributed by atoms with Gasteiger partial charge in [0.15, 0.2) is 0 Å². The quantitative estimate of drug-likeness (QED) is 0.446. The summed E-state index contributed by atoms with van der Waals surface area (Å²) in [5, 5.41) is 13.4. The van der Waals surface area contributed by atoms with Crippen molar-refractivity contribution in [3.63, 3.8) is 0 Å². The Hall–Kier alpha value is -3.75. The topological polar surface area (TPSA) is 84.9 Å². The van der Waals surface area contributed by atoms with E-state index in [1.54, 1.807) is 45.0 Å². The first-order valence-corrected chi connectivity index (χ1v) is 10.7. The first kappa shape index (κ1) is 25.9. The van der Waals surface area contributed by atoms with Gasteiger partial charge >= 0.3 is 12.1 Å². The van der Waals surface area contributed by atoms with Crippen LogP contribution in [0.15, 0.2) is 54.6 Å². The second-order valence-electron chi connectivity index (χ2n) is 9.12. The van der Waals surface area contributed by atoms with Crippen LogP contribution in [0.2, 0.25) is 0 Å². The zero-order valence-corrected chi connectivity index (χ0v) is 19.7. The van der Waals surface area contributed by atoms with Crippen LogP contribution in [-0.4, -0.2) is 30.1 Å². The molecular formula is C26H26F3NO5. The number of hydrogen-bond acceptors (Lipinski definition) is 4. The van der Waals surface area contributed by atoms with E-state index in [-0.39, 0.29) is 17.9 Å². The fourth-order valence-corrected chi connectivity index (χ4v) is 3.54. The van der Waals surface area contributed by atoms with Gasteiger partial charge in [0.05, 0.1) is 18.2 Å². The van der Waals surface area contributed by atoms with E-state index in [1.807, 2.05) is 0 Å². The summed E-state index contributed by atoms with van der Waals surface area (Å²) in [6.45, 7) is 4.98. The fraction of sp³-hybridized carbons (Fsp3) is 0.308. The molecule has 0 radical (unpaired) electrons. The summed E-state index contributed by atoms with van der Waals surface area (Å²) in [4.78, 5) is 24.9. The Balaban J connectivity index is 1.99. The van der Waals surface area contributed by atoms with Gasteiger partial charge in [-0.25, -0.2) is 4.79 Å². The number of carbonyl (C=O) groups is 2. The molecule has 0 saturated carbocycles. The first-order chi connectivity index (χ1) is 16.3. The summed E-state index contributed by atoms with van der Waals surface area (Å²) in [7, 11) is 1.52. The third-order valence-electron chi connectivity index (χ3n) is 5.48. The number of halogens is 3. The van der Waals surface area contributed by atoms with Crippen LogP contribution in [0.3, 0.4) is 0 Å². The van der Waals surface area contributed by atoms with Gasteiger partial charge in [0.25, 0.3) is 5.91 Å². The van der Waals surface area contributed by atoms with E-state index in [1.165, 1.54) is 25.3 Å². The van der Waals surface area contributed by atoms with Gasteiger partial charge in [0, 0.05) is 5.39 Å². The van der Waals surface area contributed by atoms with Crippen molar-refractivity contribution in [2.75, 3.05) is 7.11 Å². The molecule has 3 rings (SSSR count). The van der Waals surface area contributed by atoms with E-state index >= 15 is 0 Å². The summed E-state index contributed by atoms with van der Waals surface area (Å²) >= 11 is 0. The number of carboxylic acids is 1. The predicted molar refractivity (Wildman–Crippen MR) is 125 cm³/mol. The molecule has 0 aromatic heterocycles. The standard InChI is InChI=1S/C26H26F3NO5/c1-25(2,3)22(24(32)33)30-23(31)20-11-7-16-13-18(34-4)10-12-19(16)21(20)35-14-15-5-8-17(9-6-15)26(27,28)29/h5-13,22H,14H2,1-4H3,(H,30,31)(H,32,33)/t22-/m1/s1. The number of aliphatic carboxylic acids is 1. The molecule has 0 aliphatic heterocycles. The van der Waals surface area contributed by atoms with Crippen molar-refractivity contribution in [1.82, 2.24) is 5.32 Å². The van der Waals surface area contributed by atoms with Crippen LogP contribution in [0.5, 0.6) is 11.5 Å². The second kappa shape index (κ2) is 9.85. The minimum absolute atomic E-state index is 0.102. The number of nitrogens with one attached hydrogen (secondary N) is 1. The molecule has 35 heavy (non-hydrogen) atoms. The van der Waals surface area contributed by atoms with Gasteiger partial charge in [0.2, 0.25) is 0 Å². The van der Waals surface area contributed by atoms with Crippen LogP contribution < -0.4 is 14.8 Å². The number of hydrogen-bond donors (Lipinski definition) is 2. The molecule has 186 valence electrons. The number of ether oxygens (including phenoxy) is 2. The van der Waals surface area contributed by atoms with Crippen molar-refractivity contribution in [1.29, 1.82) is 0 Å². The number of methoxy groups -OCH3 is 1. The highest BCUT2D eigenvalue weighted by atomic mass is 19.4. The molecule has 0 aliphatic carbocycles. The van der Waals surface area contributed by atoms with E-state index < -0.39 is 35.1 Å². The zero-order chi connectivity index (χ0) is 26.0. The van der Waals surface area contributed by atoms with Crippen molar-refractivity contribution in [3.05, 3.63) is 71.3 Å². The van der Waals surface area contributed by atoms with Crippen molar-refractivity contribution in [3.8, 4) is 11.5 Å². The van der Waals surface area contributed by atoms with Gasteiger partial charge in [-0.1, -0.05) is 39.0 Å². The molecular weight excluding hydrogens is 463 g/mol. The van der Waals surface area contributed by atoms with Gasteiger partial charge in [-0.2, -0.15) is 13.2 Å². The predicted octanol–water partition coefficient (Wildman–Crippen LogP) is 5.68. The van der Waals surface area contributed by atoms with Crippen LogP contribution in [0.1, 0.15) is 42.3 Å². The molecule has 0 heterocycles. The lowest BCUT2D eigenvalue weighted by molar-refractivity contribution is -0.142. The molecule has 6 nitrogen and oxygen atoms in total. The number of fused-ring (bicyclic) bond motifs is 1. The summed E-state index contributed by atoms with van der Waals surface area (Å²) in [5.41, 5.74) is -0.967. The zero-order valence-electron chi connectivity index (χ0n) is 19.7. The van der Waals surface area contributed by atoms with Crippen LogP contribution in [0, 0.1) is 5.41 Å². The highest BCUT2D eigenvalue weighted by Crippen LogP contribution is 2.34. The summed E-state index contributed by atoms with van der Waals surface area (Å²) in [6.07, 6.45) is -4.45. The average Bonchev–Trinajstić information content (AvgIpc) is 2.79. The summed E-state index contributed by atoms with van der Waals surface area (Å²) in [6, 6.07) is 11.7. The number of alkyl halides is 3. The second-order valence-corrected chi connectivity index (χ2v) is 9.12. The minimum atomic E-state index is -4.45. The summed E-state index contributed by atoms with van der Waals surface area (Å²) < 4.78 is 49.8. The Bertz CT molecular complexity index is 1230. The maximum absolute atomic E-state index is 13.2. The Morgan fingerprint density at radius 2 is 1.66 bits per heavy atom. The molecule has 0 bridgehead atoms. The average molecular weight is 489 g/mol. The fourth-order valence-electron chi connectivity index (χ4n) is 3.54. The largest absolute Gasteiger partial charge is 0.497 e. The minimum Gasteiger partial charge on any atom is -0.497 e.